The Morgan fingerprint density at radius 2 is 2.16 bits per heavy atom. The van der Waals surface area contributed by atoms with Gasteiger partial charge in [0, 0.05) is 4.88 Å². The minimum absolute atomic E-state index is 0.0546. The summed E-state index contributed by atoms with van der Waals surface area (Å²) in [5.74, 6) is 0.874. The number of hydrogen-bond acceptors (Lipinski definition) is 8. The van der Waals surface area contributed by atoms with E-state index in [2.05, 4.69) is 10.2 Å². The van der Waals surface area contributed by atoms with E-state index in [-0.39, 0.29) is 18.2 Å². The van der Waals surface area contributed by atoms with Crippen molar-refractivity contribution in [3.8, 4) is 11.5 Å². The van der Waals surface area contributed by atoms with Gasteiger partial charge in [0.05, 0.1) is 30.5 Å². The van der Waals surface area contributed by atoms with E-state index in [9.17, 15) is 9.90 Å². The van der Waals surface area contributed by atoms with Crippen molar-refractivity contribution in [3.63, 3.8) is 0 Å². The van der Waals surface area contributed by atoms with E-state index >= 15 is 0 Å². The Kier molecular flexibility index (Phi) is 6.54. The monoisotopic (exact) mass is 453 g/mol. The van der Waals surface area contributed by atoms with Crippen LogP contribution in [0.4, 0.5) is 0 Å². The van der Waals surface area contributed by atoms with E-state index in [0.29, 0.717) is 28.2 Å². The first-order valence-corrected chi connectivity index (χ1v) is 11.2. The molecule has 0 radical (unpaired) electrons. The van der Waals surface area contributed by atoms with Crippen LogP contribution in [0.3, 0.4) is 0 Å². The zero-order chi connectivity index (χ0) is 21.6. The third-order valence-corrected chi connectivity index (χ3v) is 6.04. The van der Waals surface area contributed by atoms with Crippen LogP contribution in [0.15, 0.2) is 73.6 Å². The number of phenolic OH excluding ortho intramolecular Hbond substituents is 1. The molecule has 7 nitrogen and oxygen atoms in total. The van der Waals surface area contributed by atoms with Crippen molar-refractivity contribution in [1.82, 2.24) is 4.90 Å². The molecule has 1 N–H and O–H groups in total. The minimum atomic E-state index is -0.197. The second-order valence-corrected chi connectivity index (χ2v) is 8.37. The summed E-state index contributed by atoms with van der Waals surface area (Å²) in [4.78, 5) is 16.1. The van der Waals surface area contributed by atoms with Gasteiger partial charge in [0.1, 0.15) is 5.76 Å². The van der Waals surface area contributed by atoms with E-state index in [1.165, 1.54) is 16.7 Å². The van der Waals surface area contributed by atoms with Crippen LogP contribution in [-0.4, -0.2) is 33.9 Å². The molecule has 0 saturated carbocycles. The summed E-state index contributed by atoms with van der Waals surface area (Å²) >= 11 is 2.79. The molecule has 1 saturated heterocycles. The zero-order valence-corrected chi connectivity index (χ0v) is 18.2. The maximum Gasteiger partial charge on any atom is 0.267 e. The molecule has 2 aromatic heterocycles. The van der Waals surface area contributed by atoms with Crippen LogP contribution in [0.2, 0.25) is 0 Å². The lowest BCUT2D eigenvalue weighted by atomic mass is 10.2. The molecule has 158 valence electrons. The molecule has 1 aliphatic heterocycles. The molecule has 1 fully saturated rings. The van der Waals surface area contributed by atoms with E-state index in [1.54, 1.807) is 60.2 Å². The number of amidine groups is 1. The van der Waals surface area contributed by atoms with Crippen LogP contribution >= 0.6 is 23.1 Å². The first-order valence-electron chi connectivity index (χ1n) is 9.48. The Hall–Kier alpha value is -3.30. The number of amides is 1. The molecule has 31 heavy (non-hydrogen) atoms. The van der Waals surface area contributed by atoms with Gasteiger partial charge in [-0.1, -0.05) is 12.1 Å². The van der Waals surface area contributed by atoms with Crippen LogP contribution in [0.5, 0.6) is 11.5 Å². The first-order chi connectivity index (χ1) is 15.1. The van der Waals surface area contributed by atoms with Gasteiger partial charge in [-0.15, -0.1) is 16.4 Å². The fourth-order valence-corrected chi connectivity index (χ4v) is 4.34. The van der Waals surface area contributed by atoms with E-state index in [4.69, 9.17) is 9.15 Å². The van der Waals surface area contributed by atoms with Gasteiger partial charge in [-0.3, -0.25) is 9.69 Å². The number of phenols is 1. The van der Waals surface area contributed by atoms with Crippen molar-refractivity contribution in [2.45, 2.75) is 13.5 Å². The summed E-state index contributed by atoms with van der Waals surface area (Å²) in [5.41, 5.74) is 0.735. The lowest BCUT2D eigenvalue weighted by Gasteiger charge is -2.12. The third kappa shape index (κ3) is 5.07. The van der Waals surface area contributed by atoms with Gasteiger partial charge in [0.15, 0.2) is 16.7 Å². The van der Waals surface area contributed by atoms with Gasteiger partial charge in [-0.25, -0.2) is 0 Å². The molecule has 0 atom stereocenters. The predicted molar refractivity (Wildman–Crippen MR) is 123 cm³/mol. The first kappa shape index (κ1) is 21.0. The van der Waals surface area contributed by atoms with E-state index in [0.717, 1.165) is 10.4 Å². The molecule has 1 aromatic carbocycles. The van der Waals surface area contributed by atoms with Gasteiger partial charge in [0.2, 0.25) is 0 Å². The van der Waals surface area contributed by atoms with Gasteiger partial charge < -0.3 is 14.3 Å². The van der Waals surface area contributed by atoms with Crippen molar-refractivity contribution in [1.29, 1.82) is 0 Å². The molecule has 9 heteroatoms. The highest BCUT2D eigenvalue weighted by atomic mass is 32.2. The second-order valence-electron chi connectivity index (χ2n) is 6.38. The molecule has 0 aliphatic carbocycles. The number of thioether (sulfide) groups is 1. The smallest absolute Gasteiger partial charge is 0.267 e. The number of nitrogens with zero attached hydrogens (tertiary/aromatic N) is 3. The normalized spacial score (nSPS) is 16.8. The molecule has 1 aliphatic rings. The highest BCUT2D eigenvalue weighted by Gasteiger charge is 2.34. The Balaban J connectivity index is 1.62. The topological polar surface area (TPSA) is 87.6 Å². The lowest BCUT2D eigenvalue weighted by Crippen LogP contribution is -2.28. The average molecular weight is 454 g/mol. The Bertz CT molecular complexity index is 1140. The molecular formula is C22H19N3O4S2. The second kappa shape index (κ2) is 9.67. The highest BCUT2D eigenvalue weighted by Crippen LogP contribution is 2.35. The van der Waals surface area contributed by atoms with Gasteiger partial charge in [-0.05, 0) is 66.0 Å². The summed E-state index contributed by atoms with van der Waals surface area (Å²) in [6.07, 6.45) is 4.97. The van der Waals surface area contributed by atoms with Crippen molar-refractivity contribution in [2.75, 3.05) is 6.61 Å². The largest absolute Gasteiger partial charge is 0.504 e. The average Bonchev–Trinajstić information content (AvgIpc) is 3.51. The highest BCUT2D eigenvalue weighted by molar-refractivity contribution is 8.18. The Morgan fingerprint density at radius 3 is 2.90 bits per heavy atom. The molecule has 0 unspecified atom stereocenters. The number of benzene rings is 1. The quantitative estimate of drug-likeness (QED) is 0.311. The van der Waals surface area contributed by atoms with Gasteiger partial charge in [-0.2, -0.15) is 5.10 Å². The molecule has 0 bridgehead atoms. The summed E-state index contributed by atoms with van der Waals surface area (Å²) in [5, 5.41) is 20.8. The Morgan fingerprint density at radius 1 is 1.26 bits per heavy atom. The number of rotatable bonds is 7. The van der Waals surface area contributed by atoms with Crippen molar-refractivity contribution < 1.29 is 19.1 Å². The molecule has 1 amide bonds. The number of thiophene rings is 1. The van der Waals surface area contributed by atoms with Crippen molar-refractivity contribution in [2.24, 2.45) is 10.2 Å². The van der Waals surface area contributed by atoms with E-state index in [1.807, 2.05) is 24.4 Å². The summed E-state index contributed by atoms with van der Waals surface area (Å²) in [6, 6.07) is 12.4. The Labute approximate surface area is 187 Å². The maximum atomic E-state index is 13.1. The van der Waals surface area contributed by atoms with Crippen LogP contribution < -0.4 is 4.74 Å². The number of carbonyl (C=O) groups is 1. The summed E-state index contributed by atoms with van der Waals surface area (Å²) < 4.78 is 10.8. The molecule has 0 spiro atoms. The number of aromatic hydroxyl groups is 1. The molecule has 3 aromatic rings. The van der Waals surface area contributed by atoms with Crippen LogP contribution in [-0.2, 0) is 11.3 Å². The minimum Gasteiger partial charge on any atom is -0.504 e. The van der Waals surface area contributed by atoms with Gasteiger partial charge in [0.25, 0.3) is 5.91 Å². The zero-order valence-electron chi connectivity index (χ0n) is 16.6. The molecule has 3 heterocycles. The van der Waals surface area contributed by atoms with Crippen molar-refractivity contribution >= 4 is 46.5 Å². The molecular weight excluding hydrogens is 434 g/mol. The third-order valence-electron chi connectivity index (χ3n) is 4.24. The maximum absolute atomic E-state index is 13.1. The summed E-state index contributed by atoms with van der Waals surface area (Å²) in [7, 11) is 0. The number of ether oxygens (including phenoxy) is 1. The number of furan rings is 1. The van der Waals surface area contributed by atoms with E-state index < -0.39 is 0 Å². The van der Waals surface area contributed by atoms with Crippen molar-refractivity contribution in [3.05, 3.63) is 75.2 Å². The predicted octanol–water partition coefficient (Wildman–Crippen LogP) is 4.95. The van der Waals surface area contributed by atoms with Crippen LogP contribution in [0.1, 0.15) is 23.1 Å². The fraction of sp³-hybridized carbons (Fsp3) is 0.136. The van der Waals surface area contributed by atoms with Gasteiger partial charge >= 0.3 is 0 Å². The van der Waals surface area contributed by atoms with Crippen LogP contribution in [0, 0.1) is 0 Å². The number of carbonyl (C=O) groups excluding carboxylic acids is 1. The lowest BCUT2D eigenvalue weighted by molar-refractivity contribution is -0.122. The number of hydrogen-bond donors (Lipinski definition) is 1. The fourth-order valence-electron chi connectivity index (χ4n) is 2.82. The molecule has 4 rings (SSSR count). The van der Waals surface area contributed by atoms with Crippen LogP contribution in [0.25, 0.3) is 6.08 Å². The standard InChI is InChI=1S/C22H19N3O4S2/c1-2-28-19-11-15(7-8-18(19)26)12-20-21(27)25(14-16-5-3-9-29-16)22(31-20)24-23-13-17-6-4-10-30-17/h3-13,26H,2,14H2,1H3/b20-12-,23-13+,24-22-. The summed E-state index contributed by atoms with van der Waals surface area (Å²) in [6.45, 7) is 2.52. The SMILES string of the molecule is CCOc1cc(/C=C2\S/C(=N\N=C\c3cccs3)N(Cc3ccco3)C2=O)ccc1O.